The highest BCUT2D eigenvalue weighted by Crippen LogP contribution is 2.27. The molecule has 26 heavy (non-hydrogen) atoms. The van der Waals surface area contributed by atoms with Gasteiger partial charge in [0, 0.05) is 11.3 Å². The third-order valence-electron chi connectivity index (χ3n) is 4.39. The minimum absolute atomic E-state index is 0.0142. The number of amides is 1. The number of benzene rings is 3. The summed E-state index contributed by atoms with van der Waals surface area (Å²) < 4.78 is 6.17. The fraction of sp³-hybridized carbons (Fsp3) is 0.190. The van der Waals surface area contributed by atoms with E-state index in [2.05, 4.69) is 34.2 Å². The fourth-order valence-corrected chi connectivity index (χ4v) is 3.42. The van der Waals surface area contributed by atoms with Crippen molar-refractivity contribution < 1.29 is 14.8 Å². The van der Waals surface area contributed by atoms with Crippen molar-refractivity contribution in [2.45, 2.75) is 13.0 Å². The predicted octanol–water partition coefficient (Wildman–Crippen LogP) is 3.87. The van der Waals surface area contributed by atoms with Crippen molar-refractivity contribution in [1.29, 1.82) is 0 Å². The van der Waals surface area contributed by atoms with Crippen molar-refractivity contribution in [3.63, 3.8) is 0 Å². The van der Waals surface area contributed by atoms with E-state index in [-0.39, 0.29) is 11.9 Å². The molecule has 3 aromatic rings. The maximum atomic E-state index is 12.3. The molecule has 5 heteroatoms. The Morgan fingerprint density at radius 2 is 1.88 bits per heavy atom. The molecule has 0 radical (unpaired) electrons. The highest BCUT2D eigenvalue weighted by molar-refractivity contribution is 9.10. The van der Waals surface area contributed by atoms with Crippen LogP contribution < -0.4 is 15.4 Å². The molecule has 1 amide bonds. The summed E-state index contributed by atoms with van der Waals surface area (Å²) in [5, 5.41) is 7.27. The van der Waals surface area contributed by atoms with E-state index >= 15 is 0 Å². The van der Waals surface area contributed by atoms with Crippen LogP contribution in [0.4, 0.5) is 5.69 Å². The molecule has 0 aromatic heterocycles. The van der Waals surface area contributed by atoms with Gasteiger partial charge in [-0.2, -0.15) is 0 Å². The van der Waals surface area contributed by atoms with Gasteiger partial charge in [-0.15, -0.1) is 0 Å². The number of rotatable bonds is 6. The van der Waals surface area contributed by atoms with E-state index < -0.39 is 0 Å². The van der Waals surface area contributed by atoms with Gasteiger partial charge in [-0.05, 0) is 64.0 Å². The largest absolute Gasteiger partial charge is 0.496 e. The van der Waals surface area contributed by atoms with Gasteiger partial charge in [0.1, 0.15) is 11.8 Å². The minimum Gasteiger partial charge on any atom is -0.496 e. The zero-order chi connectivity index (χ0) is 18.5. The van der Waals surface area contributed by atoms with E-state index in [4.69, 9.17) is 4.74 Å². The number of hydrogen-bond donors (Lipinski definition) is 2. The molecule has 0 bridgehead atoms. The number of carbonyl (C=O) groups is 1. The minimum atomic E-state index is -0.0142. The summed E-state index contributed by atoms with van der Waals surface area (Å²) in [5.74, 6) is 0.787. The number of halogens is 1. The van der Waals surface area contributed by atoms with Crippen LogP contribution in [0.25, 0.3) is 10.8 Å². The van der Waals surface area contributed by atoms with E-state index in [1.807, 2.05) is 59.9 Å². The normalized spacial score (nSPS) is 12.0. The number of nitrogens with one attached hydrogen (secondary N) is 1. The molecule has 0 fully saturated rings. The molecule has 0 spiro atoms. The van der Waals surface area contributed by atoms with Crippen molar-refractivity contribution in [2.24, 2.45) is 0 Å². The van der Waals surface area contributed by atoms with Gasteiger partial charge in [0.05, 0.1) is 11.6 Å². The zero-order valence-electron chi connectivity index (χ0n) is 14.8. The molecule has 0 aliphatic carbocycles. The molecule has 0 aliphatic rings. The number of hydrogen-bond acceptors (Lipinski definition) is 2. The van der Waals surface area contributed by atoms with E-state index in [1.54, 1.807) is 7.11 Å². The Kier molecular flexibility index (Phi) is 5.91. The van der Waals surface area contributed by atoms with Crippen molar-refractivity contribution in [3.8, 4) is 5.75 Å². The lowest BCUT2D eigenvalue weighted by Crippen LogP contribution is -2.86. The summed E-state index contributed by atoms with van der Waals surface area (Å²) in [6.07, 6.45) is 0. The molecule has 4 nitrogen and oxygen atoms in total. The smallest absolute Gasteiger partial charge is 0.279 e. The molecule has 0 saturated heterocycles. The second-order valence-electron chi connectivity index (χ2n) is 6.23. The van der Waals surface area contributed by atoms with Crippen LogP contribution in [-0.4, -0.2) is 19.6 Å². The predicted molar refractivity (Wildman–Crippen MR) is 108 cm³/mol. The standard InChI is InChI=1S/C21H21BrN2O2/c1-14(16-8-10-20(26-2)19(22)12-16)23-13-21(25)24-18-9-7-15-5-3-4-6-17(15)11-18/h3-12,14,23H,13H2,1-2H3,(H,24,25)/p+1/t14-/m0/s1. The van der Waals surface area contributed by atoms with Crippen molar-refractivity contribution in [2.75, 3.05) is 19.0 Å². The summed E-state index contributed by atoms with van der Waals surface area (Å²) >= 11 is 3.50. The van der Waals surface area contributed by atoms with Crippen LogP contribution in [0.1, 0.15) is 18.5 Å². The highest BCUT2D eigenvalue weighted by Gasteiger charge is 2.13. The van der Waals surface area contributed by atoms with Gasteiger partial charge in [-0.3, -0.25) is 4.79 Å². The number of ether oxygens (including phenoxy) is 1. The second-order valence-corrected chi connectivity index (χ2v) is 7.09. The molecule has 1 atom stereocenters. The van der Waals surface area contributed by atoms with Crippen molar-refractivity contribution >= 4 is 38.3 Å². The number of fused-ring (bicyclic) bond motifs is 1. The first kappa shape index (κ1) is 18.4. The van der Waals surface area contributed by atoms with Crippen LogP contribution in [0.5, 0.6) is 5.75 Å². The maximum Gasteiger partial charge on any atom is 0.279 e. The number of quaternary nitrogens is 1. The van der Waals surface area contributed by atoms with Gasteiger partial charge >= 0.3 is 0 Å². The van der Waals surface area contributed by atoms with Gasteiger partial charge in [-0.25, -0.2) is 0 Å². The molecule has 0 saturated carbocycles. The van der Waals surface area contributed by atoms with E-state index in [1.165, 1.54) is 0 Å². The average Bonchev–Trinajstić information content (AvgIpc) is 2.66. The number of nitrogens with two attached hydrogens (primary N) is 1. The molecular weight excluding hydrogens is 392 g/mol. The molecule has 0 aliphatic heterocycles. The maximum absolute atomic E-state index is 12.3. The molecule has 3 N–H and O–H groups in total. The first-order valence-electron chi connectivity index (χ1n) is 8.52. The van der Waals surface area contributed by atoms with Crippen LogP contribution in [0, 0.1) is 0 Å². The Labute approximate surface area is 161 Å². The third kappa shape index (κ3) is 4.42. The van der Waals surface area contributed by atoms with Crippen LogP contribution in [-0.2, 0) is 4.79 Å². The average molecular weight is 414 g/mol. The zero-order valence-corrected chi connectivity index (χ0v) is 16.4. The lowest BCUT2D eigenvalue weighted by atomic mass is 10.1. The van der Waals surface area contributed by atoms with Gasteiger partial charge in [0.25, 0.3) is 5.91 Å². The summed E-state index contributed by atoms with van der Waals surface area (Å²) in [6.45, 7) is 2.44. The Balaban J connectivity index is 1.58. The SMILES string of the molecule is COc1ccc([C@H](C)[NH2+]CC(=O)Nc2ccc3ccccc3c2)cc1Br. The Morgan fingerprint density at radius 3 is 2.62 bits per heavy atom. The molecule has 0 unspecified atom stereocenters. The highest BCUT2D eigenvalue weighted by atomic mass is 79.9. The van der Waals surface area contributed by atoms with Gasteiger partial charge < -0.3 is 15.4 Å². The van der Waals surface area contributed by atoms with Crippen LogP contribution in [0.15, 0.2) is 65.1 Å². The van der Waals surface area contributed by atoms with Crippen LogP contribution >= 0.6 is 15.9 Å². The summed E-state index contributed by atoms with van der Waals surface area (Å²) in [4.78, 5) is 12.3. The van der Waals surface area contributed by atoms with Crippen LogP contribution in [0.2, 0.25) is 0 Å². The lowest BCUT2D eigenvalue weighted by molar-refractivity contribution is -0.682. The molecule has 3 rings (SSSR count). The lowest BCUT2D eigenvalue weighted by Gasteiger charge is -2.13. The van der Waals surface area contributed by atoms with Crippen molar-refractivity contribution in [3.05, 3.63) is 70.7 Å². The fourth-order valence-electron chi connectivity index (χ4n) is 2.86. The summed E-state index contributed by atoms with van der Waals surface area (Å²) in [7, 11) is 1.65. The first-order valence-corrected chi connectivity index (χ1v) is 9.31. The van der Waals surface area contributed by atoms with Crippen LogP contribution in [0.3, 0.4) is 0 Å². The van der Waals surface area contributed by atoms with Gasteiger partial charge in [-0.1, -0.05) is 30.3 Å². The second kappa shape index (κ2) is 8.34. The molecule has 3 aromatic carbocycles. The van der Waals surface area contributed by atoms with Gasteiger partial charge in [0.2, 0.25) is 0 Å². The van der Waals surface area contributed by atoms with E-state index in [0.717, 1.165) is 32.2 Å². The Hall–Kier alpha value is -2.37. The number of methoxy groups -OCH3 is 1. The monoisotopic (exact) mass is 413 g/mol. The Morgan fingerprint density at radius 1 is 1.12 bits per heavy atom. The summed E-state index contributed by atoms with van der Waals surface area (Å²) in [6, 6.07) is 20.2. The molecular formula is C21H22BrN2O2+. The topological polar surface area (TPSA) is 54.9 Å². The Bertz CT molecular complexity index is 927. The number of carbonyl (C=O) groups excluding carboxylic acids is 1. The van der Waals surface area contributed by atoms with E-state index in [0.29, 0.717) is 6.54 Å². The molecule has 134 valence electrons. The quantitative estimate of drug-likeness (QED) is 0.644. The van der Waals surface area contributed by atoms with E-state index in [9.17, 15) is 4.79 Å². The first-order chi connectivity index (χ1) is 12.6. The summed E-state index contributed by atoms with van der Waals surface area (Å²) in [5.41, 5.74) is 1.96. The van der Waals surface area contributed by atoms with Gasteiger partial charge in [0.15, 0.2) is 6.54 Å². The third-order valence-corrected chi connectivity index (χ3v) is 5.01. The molecule has 0 heterocycles. The number of anilines is 1. The van der Waals surface area contributed by atoms with Crippen molar-refractivity contribution in [1.82, 2.24) is 0 Å².